The van der Waals surface area contributed by atoms with Crippen LogP contribution in [0, 0.1) is 5.92 Å². The molecule has 4 heteroatoms. The van der Waals surface area contributed by atoms with Gasteiger partial charge in [-0.05, 0) is 43.2 Å². The predicted octanol–water partition coefficient (Wildman–Crippen LogP) is 3.73. The summed E-state index contributed by atoms with van der Waals surface area (Å²) in [7, 11) is -0.701. The third kappa shape index (κ3) is 4.40. The minimum Gasteiger partial charge on any atom is -0.309 e. The molecule has 19 heavy (non-hydrogen) atoms. The monoisotopic (exact) mass is 299 g/mol. The van der Waals surface area contributed by atoms with Gasteiger partial charge in [-0.25, -0.2) is 0 Å². The van der Waals surface area contributed by atoms with Crippen LogP contribution in [0.4, 0.5) is 0 Å². The van der Waals surface area contributed by atoms with Crippen LogP contribution < -0.4 is 5.32 Å². The Kier molecular flexibility index (Phi) is 6.05. The van der Waals surface area contributed by atoms with Gasteiger partial charge in [-0.2, -0.15) is 0 Å². The third-order valence-corrected chi connectivity index (χ3v) is 6.53. The molecule has 2 nitrogen and oxygen atoms in total. The molecule has 1 N–H and O–H groups in total. The van der Waals surface area contributed by atoms with Crippen molar-refractivity contribution in [2.24, 2.45) is 5.92 Å². The van der Waals surface area contributed by atoms with E-state index in [1.54, 1.807) is 6.26 Å². The molecule has 1 aromatic heterocycles. The van der Waals surface area contributed by atoms with Gasteiger partial charge in [0.25, 0.3) is 0 Å². The normalized spacial score (nSPS) is 21.4. The molecule has 0 amide bonds. The number of rotatable bonds is 7. The lowest BCUT2D eigenvalue weighted by Gasteiger charge is -2.24. The van der Waals surface area contributed by atoms with E-state index in [9.17, 15) is 4.21 Å². The van der Waals surface area contributed by atoms with Crippen molar-refractivity contribution in [3.8, 4) is 0 Å². The van der Waals surface area contributed by atoms with Crippen molar-refractivity contribution < 1.29 is 4.21 Å². The summed E-state index contributed by atoms with van der Waals surface area (Å²) in [6.07, 6.45) is 8.26. The SMILES string of the molecule is CC(CCNC(c1cccs1)C1CCCC1)S(C)=O. The van der Waals surface area contributed by atoms with E-state index in [0.29, 0.717) is 11.3 Å². The van der Waals surface area contributed by atoms with Crippen LogP contribution in [0.1, 0.15) is 49.9 Å². The number of thiophene rings is 1. The molecule has 0 aliphatic heterocycles. The molecule has 0 radical (unpaired) electrons. The van der Waals surface area contributed by atoms with E-state index in [1.807, 2.05) is 11.3 Å². The first kappa shape index (κ1) is 15.2. The molecule has 108 valence electrons. The van der Waals surface area contributed by atoms with E-state index >= 15 is 0 Å². The van der Waals surface area contributed by atoms with E-state index in [0.717, 1.165) is 18.9 Å². The number of hydrogen-bond acceptors (Lipinski definition) is 3. The van der Waals surface area contributed by atoms with Crippen LogP contribution in [-0.4, -0.2) is 22.3 Å². The molecule has 1 aliphatic carbocycles. The Morgan fingerprint density at radius 3 is 2.79 bits per heavy atom. The van der Waals surface area contributed by atoms with Crippen molar-refractivity contribution in [3.05, 3.63) is 22.4 Å². The van der Waals surface area contributed by atoms with Gasteiger partial charge < -0.3 is 5.32 Å². The molecule has 3 unspecified atom stereocenters. The molecule has 0 saturated heterocycles. The van der Waals surface area contributed by atoms with Crippen LogP contribution in [0.2, 0.25) is 0 Å². The average Bonchev–Trinajstić information content (AvgIpc) is 3.07. The summed E-state index contributed by atoms with van der Waals surface area (Å²) < 4.78 is 11.4. The topological polar surface area (TPSA) is 29.1 Å². The Morgan fingerprint density at radius 2 is 2.21 bits per heavy atom. The summed E-state index contributed by atoms with van der Waals surface area (Å²) in [6, 6.07) is 4.91. The van der Waals surface area contributed by atoms with E-state index in [1.165, 1.54) is 30.6 Å². The second-order valence-corrected chi connectivity index (χ2v) is 8.37. The highest BCUT2D eigenvalue weighted by atomic mass is 32.2. The fourth-order valence-corrected chi connectivity index (χ4v) is 4.21. The zero-order valence-corrected chi connectivity index (χ0v) is 13.6. The maximum Gasteiger partial charge on any atom is 0.0443 e. The van der Waals surface area contributed by atoms with Gasteiger partial charge in [0.1, 0.15) is 0 Å². The largest absolute Gasteiger partial charge is 0.309 e. The van der Waals surface area contributed by atoms with Crippen molar-refractivity contribution >= 4 is 22.1 Å². The van der Waals surface area contributed by atoms with Crippen molar-refractivity contribution in [1.82, 2.24) is 5.32 Å². The lowest BCUT2D eigenvalue weighted by Crippen LogP contribution is -2.29. The molecule has 1 fully saturated rings. The third-order valence-electron chi connectivity index (χ3n) is 4.20. The van der Waals surface area contributed by atoms with Gasteiger partial charge in [-0.15, -0.1) is 11.3 Å². The molecule has 3 atom stereocenters. The zero-order chi connectivity index (χ0) is 13.7. The average molecular weight is 300 g/mol. The Morgan fingerprint density at radius 1 is 1.47 bits per heavy atom. The minimum atomic E-state index is -0.701. The maximum atomic E-state index is 11.4. The summed E-state index contributed by atoms with van der Waals surface area (Å²) in [5.41, 5.74) is 0. The Labute approximate surface area is 123 Å². The standard InChI is InChI=1S/C15H25NOS2/c1-12(19(2)17)9-10-16-15(13-6-3-4-7-13)14-8-5-11-18-14/h5,8,11-13,15-16H,3-4,6-7,9-10H2,1-2H3. The summed E-state index contributed by atoms with van der Waals surface area (Å²) >= 11 is 1.86. The first-order chi connectivity index (χ1) is 9.18. The van der Waals surface area contributed by atoms with Gasteiger partial charge in [-0.3, -0.25) is 4.21 Å². The number of hydrogen-bond donors (Lipinski definition) is 1. The highest BCUT2D eigenvalue weighted by Crippen LogP contribution is 2.37. The van der Waals surface area contributed by atoms with Crippen LogP contribution in [0.15, 0.2) is 17.5 Å². The van der Waals surface area contributed by atoms with Gasteiger partial charge in [0.2, 0.25) is 0 Å². The maximum absolute atomic E-state index is 11.4. The molecule has 0 spiro atoms. The second kappa shape index (κ2) is 7.55. The van der Waals surface area contributed by atoms with Crippen LogP contribution in [0.5, 0.6) is 0 Å². The van der Waals surface area contributed by atoms with E-state index in [-0.39, 0.29) is 0 Å². The van der Waals surface area contributed by atoms with Crippen molar-refractivity contribution in [2.45, 2.75) is 50.3 Å². The second-order valence-electron chi connectivity index (χ2n) is 5.59. The molecular weight excluding hydrogens is 274 g/mol. The summed E-state index contributed by atoms with van der Waals surface area (Å²) in [5, 5.41) is 6.19. The lowest BCUT2D eigenvalue weighted by molar-refractivity contribution is 0.371. The molecule has 1 aromatic rings. The van der Waals surface area contributed by atoms with E-state index in [4.69, 9.17) is 0 Å². The molecule has 0 bridgehead atoms. The first-order valence-corrected chi connectivity index (χ1v) is 9.77. The van der Waals surface area contributed by atoms with Gasteiger partial charge >= 0.3 is 0 Å². The van der Waals surface area contributed by atoms with Crippen molar-refractivity contribution in [3.63, 3.8) is 0 Å². The van der Waals surface area contributed by atoms with Gasteiger partial charge in [0, 0.05) is 33.2 Å². The van der Waals surface area contributed by atoms with E-state index in [2.05, 4.69) is 29.8 Å². The molecule has 1 heterocycles. The van der Waals surface area contributed by atoms with Crippen LogP contribution in [0.3, 0.4) is 0 Å². The van der Waals surface area contributed by atoms with E-state index < -0.39 is 10.8 Å². The van der Waals surface area contributed by atoms with Crippen LogP contribution in [0.25, 0.3) is 0 Å². The van der Waals surface area contributed by atoms with Crippen molar-refractivity contribution in [1.29, 1.82) is 0 Å². The molecule has 1 aliphatic rings. The molecule has 1 saturated carbocycles. The van der Waals surface area contributed by atoms with Gasteiger partial charge in [0.05, 0.1) is 0 Å². The zero-order valence-electron chi connectivity index (χ0n) is 11.9. The predicted molar refractivity (Wildman–Crippen MR) is 85.2 cm³/mol. The smallest absolute Gasteiger partial charge is 0.0443 e. The lowest BCUT2D eigenvalue weighted by atomic mass is 9.96. The van der Waals surface area contributed by atoms with Crippen LogP contribution >= 0.6 is 11.3 Å². The first-order valence-electron chi connectivity index (χ1n) is 7.27. The fraction of sp³-hybridized carbons (Fsp3) is 0.733. The minimum absolute atomic E-state index is 0.292. The highest BCUT2D eigenvalue weighted by molar-refractivity contribution is 7.84. The summed E-state index contributed by atoms with van der Waals surface area (Å²) in [5.74, 6) is 0.793. The highest BCUT2D eigenvalue weighted by Gasteiger charge is 2.26. The molecular formula is C15H25NOS2. The Bertz CT molecular complexity index is 385. The van der Waals surface area contributed by atoms with Crippen molar-refractivity contribution in [2.75, 3.05) is 12.8 Å². The molecule has 2 rings (SSSR count). The molecule has 0 aromatic carbocycles. The Balaban J connectivity index is 1.89. The summed E-state index contributed by atoms with van der Waals surface area (Å²) in [4.78, 5) is 1.47. The van der Waals surface area contributed by atoms with Crippen LogP contribution in [-0.2, 0) is 10.8 Å². The van der Waals surface area contributed by atoms with Gasteiger partial charge in [0.15, 0.2) is 0 Å². The Hall–Kier alpha value is -0.190. The van der Waals surface area contributed by atoms with Gasteiger partial charge in [-0.1, -0.05) is 25.8 Å². The number of nitrogens with one attached hydrogen (secondary N) is 1. The summed E-state index contributed by atoms with van der Waals surface area (Å²) in [6.45, 7) is 3.05. The fourth-order valence-electron chi connectivity index (χ4n) is 2.87. The quantitative estimate of drug-likeness (QED) is 0.831.